The van der Waals surface area contributed by atoms with Crippen molar-refractivity contribution in [3.8, 4) is 0 Å². The van der Waals surface area contributed by atoms with Crippen LogP contribution in [0.3, 0.4) is 0 Å². The second kappa shape index (κ2) is 7.20. The monoisotopic (exact) mass is 368 g/mol. The Morgan fingerprint density at radius 1 is 1.15 bits per heavy atom. The molecule has 27 heavy (non-hydrogen) atoms. The number of unbranched alkanes of at least 4 members (excludes halogenated alkanes) is 1. The van der Waals surface area contributed by atoms with Crippen LogP contribution in [-0.4, -0.2) is 5.78 Å². The Morgan fingerprint density at radius 2 is 1.96 bits per heavy atom. The predicted octanol–water partition coefficient (Wildman–Crippen LogP) is 7.13. The third-order valence-corrected chi connectivity index (χ3v) is 9.53. The zero-order valence-corrected chi connectivity index (χ0v) is 18.1. The maximum Gasteiger partial charge on any atom is 0.156 e. The van der Waals surface area contributed by atoms with Gasteiger partial charge in [0.25, 0.3) is 0 Å². The highest BCUT2D eigenvalue weighted by molar-refractivity contribution is 5.92. The van der Waals surface area contributed by atoms with E-state index in [1.807, 2.05) is 6.08 Å². The Morgan fingerprint density at radius 3 is 2.74 bits per heavy atom. The molecule has 4 rings (SSSR count). The van der Waals surface area contributed by atoms with Gasteiger partial charge in [-0.3, -0.25) is 4.79 Å². The van der Waals surface area contributed by atoms with Crippen LogP contribution in [-0.2, 0) is 4.79 Å². The van der Waals surface area contributed by atoms with Gasteiger partial charge in [0.15, 0.2) is 5.78 Å². The third kappa shape index (κ3) is 3.08. The Hall–Kier alpha value is -0.850. The van der Waals surface area contributed by atoms with Gasteiger partial charge in [0.05, 0.1) is 0 Å². The van der Waals surface area contributed by atoms with Crippen molar-refractivity contribution >= 4 is 5.78 Å². The Balaban J connectivity index is 1.63. The lowest BCUT2D eigenvalue weighted by Gasteiger charge is -2.61. The van der Waals surface area contributed by atoms with Gasteiger partial charge >= 0.3 is 0 Å². The molecule has 0 spiro atoms. The predicted molar refractivity (Wildman–Crippen MR) is 113 cm³/mol. The first-order valence-corrected chi connectivity index (χ1v) is 11.8. The van der Waals surface area contributed by atoms with Crippen molar-refractivity contribution in [3.05, 3.63) is 23.8 Å². The van der Waals surface area contributed by atoms with E-state index in [9.17, 15) is 4.79 Å². The zero-order valence-electron chi connectivity index (χ0n) is 18.1. The number of hydrogen-bond donors (Lipinski definition) is 0. The minimum absolute atomic E-state index is 0.245. The largest absolute Gasteiger partial charge is 0.295 e. The topological polar surface area (TPSA) is 17.1 Å². The summed E-state index contributed by atoms with van der Waals surface area (Å²) < 4.78 is 0. The normalized spacial score (nSPS) is 44.7. The van der Waals surface area contributed by atoms with Crippen LogP contribution in [0.1, 0.15) is 91.9 Å². The molecular formula is C26H40O. The first-order chi connectivity index (χ1) is 12.9. The van der Waals surface area contributed by atoms with Gasteiger partial charge in [0.1, 0.15) is 0 Å². The first-order valence-electron chi connectivity index (χ1n) is 11.8. The van der Waals surface area contributed by atoms with Crippen molar-refractivity contribution in [2.75, 3.05) is 0 Å². The van der Waals surface area contributed by atoms with Crippen molar-refractivity contribution < 1.29 is 4.79 Å². The second-order valence-corrected chi connectivity index (χ2v) is 10.8. The Bertz CT molecular complexity index is 643. The number of hydrogen-bond acceptors (Lipinski definition) is 1. The average molecular weight is 369 g/mol. The Labute approximate surface area is 167 Å². The van der Waals surface area contributed by atoms with E-state index < -0.39 is 0 Å². The highest BCUT2D eigenvalue weighted by atomic mass is 16.1. The van der Waals surface area contributed by atoms with Crippen LogP contribution < -0.4 is 0 Å². The van der Waals surface area contributed by atoms with Crippen LogP contribution in [0.4, 0.5) is 0 Å². The van der Waals surface area contributed by atoms with Gasteiger partial charge in [-0.15, -0.1) is 0 Å². The first kappa shape index (κ1) is 19.5. The molecule has 2 saturated carbocycles. The molecule has 7 unspecified atom stereocenters. The molecule has 150 valence electrons. The molecule has 0 heterocycles. The van der Waals surface area contributed by atoms with E-state index in [0.717, 1.165) is 42.4 Å². The summed E-state index contributed by atoms with van der Waals surface area (Å²) in [6.45, 7) is 10.0. The highest BCUT2D eigenvalue weighted by Crippen LogP contribution is 2.64. The van der Waals surface area contributed by atoms with Crippen LogP contribution in [0.5, 0.6) is 0 Å². The van der Waals surface area contributed by atoms with E-state index in [4.69, 9.17) is 0 Å². The molecule has 0 aromatic carbocycles. The summed E-state index contributed by atoms with van der Waals surface area (Å²) in [6, 6.07) is 0. The molecule has 2 fully saturated rings. The number of allylic oxidation sites excluding steroid dienone is 4. The summed E-state index contributed by atoms with van der Waals surface area (Å²) in [7, 11) is 0. The highest BCUT2D eigenvalue weighted by Gasteiger charge is 2.56. The Kier molecular flexibility index (Phi) is 5.19. The smallest absolute Gasteiger partial charge is 0.156 e. The summed E-state index contributed by atoms with van der Waals surface area (Å²) in [5.74, 6) is 4.47. The van der Waals surface area contributed by atoms with E-state index in [2.05, 4.69) is 39.8 Å². The molecular weight excluding hydrogens is 328 g/mol. The van der Waals surface area contributed by atoms with Gasteiger partial charge in [-0.05, 0) is 84.2 Å². The molecule has 1 nitrogen and oxygen atoms in total. The fourth-order valence-corrected chi connectivity index (χ4v) is 7.90. The molecule has 0 aliphatic heterocycles. The number of carbonyl (C=O) groups excluding carboxylic acids is 1. The van der Waals surface area contributed by atoms with Crippen LogP contribution >= 0.6 is 0 Å². The lowest BCUT2D eigenvalue weighted by molar-refractivity contribution is -0.117. The lowest BCUT2D eigenvalue weighted by atomic mass is 9.43. The number of fused-ring (bicyclic) bond motifs is 5. The van der Waals surface area contributed by atoms with Gasteiger partial charge < -0.3 is 0 Å². The summed E-state index contributed by atoms with van der Waals surface area (Å²) >= 11 is 0. The third-order valence-electron chi connectivity index (χ3n) is 9.53. The fraction of sp³-hybridized carbons (Fsp3) is 0.808. The van der Waals surface area contributed by atoms with Gasteiger partial charge in [0.2, 0.25) is 0 Å². The minimum Gasteiger partial charge on any atom is -0.295 e. The maximum absolute atomic E-state index is 12.0. The molecule has 7 atom stereocenters. The molecule has 0 bridgehead atoms. The second-order valence-electron chi connectivity index (χ2n) is 10.8. The van der Waals surface area contributed by atoms with Crippen molar-refractivity contribution in [1.82, 2.24) is 0 Å². The van der Waals surface area contributed by atoms with E-state index in [-0.39, 0.29) is 5.41 Å². The van der Waals surface area contributed by atoms with Crippen LogP contribution in [0.25, 0.3) is 0 Å². The fourth-order valence-electron chi connectivity index (χ4n) is 7.90. The SMILES string of the molecule is CCCCC(C)C1CCCC2C3C=CC4=CC(=O)CCC4(C)C3CCC12C. The molecule has 0 saturated heterocycles. The summed E-state index contributed by atoms with van der Waals surface area (Å²) in [5, 5.41) is 0. The molecule has 0 aromatic heterocycles. The lowest BCUT2D eigenvalue weighted by Crippen LogP contribution is -2.53. The van der Waals surface area contributed by atoms with Crippen LogP contribution in [0, 0.1) is 40.4 Å². The van der Waals surface area contributed by atoms with Crippen molar-refractivity contribution in [2.24, 2.45) is 40.4 Å². The van der Waals surface area contributed by atoms with Gasteiger partial charge in [-0.1, -0.05) is 65.5 Å². The van der Waals surface area contributed by atoms with E-state index in [1.165, 1.54) is 56.9 Å². The van der Waals surface area contributed by atoms with Crippen molar-refractivity contribution in [2.45, 2.75) is 91.9 Å². The average Bonchev–Trinajstić information content (AvgIpc) is 2.65. The van der Waals surface area contributed by atoms with Gasteiger partial charge in [-0.25, -0.2) is 0 Å². The number of ketones is 1. The summed E-state index contributed by atoms with van der Waals surface area (Å²) in [5.41, 5.74) is 2.11. The molecule has 4 aliphatic carbocycles. The summed E-state index contributed by atoms with van der Waals surface area (Å²) in [4.78, 5) is 12.0. The zero-order chi connectivity index (χ0) is 19.2. The van der Waals surface area contributed by atoms with E-state index >= 15 is 0 Å². The molecule has 0 radical (unpaired) electrons. The molecule has 1 heteroatoms. The van der Waals surface area contributed by atoms with Gasteiger partial charge in [0, 0.05) is 6.42 Å². The van der Waals surface area contributed by atoms with Crippen LogP contribution in [0.2, 0.25) is 0 Å². The summed E-state index contributed by atoms with van der Waals surface area (Å²) in [6.07, 6.45) is 19.9. The van der Waals surface area contributed by atoms with Gasteiger partial charge in [-0.2, -0.15) is 0 Å². The van der Waals surface area contributed by atoms with Crippen molar-refractivity contribution in [3.63, 3.8) is 0 Å². The minimum atomic E-state index is 0.245. The molecule has 4 aliphatic rings. The number of rotatable bonds is 4. The quantitative estimate of drug-likeness (QED) is 0.516. The molecule has 0 amide bonds. The van der Waals surface area contributed by atoms with Crippen LogP contribution in [0.15, 0.2) is 23.8 Å². The van der Waals surface area contributed by atoms with E-state index in [0.29, 0.717) is 11.2 Å². The molecule has 0 aromatic rings. The number of carbonyl (C=O) groups is 1. The van der Waals surface area contributed by atoms with Crippen molar-refractivity contribution in [1.29, 1.82) is 0 Å². The maximum atomic E-state index is 12.0. The van der Waals surface area contributed by atoms with E-state index in [1.54, 1.807) is 0 Å². The molecule has 0 N–H and O–H groups in total. The standard InChI is InChI=1S/C26H40O/c1-5-6-8-18(2)22-9-7-10-23-21-12-11-19-17-20(27)13-15-25(19,3)24(21)14-16-26(22,23)4/h11-12,17-18,21-24H,5-10,13-16H2,1-4H3.